The summed E-state index contributed by atoms with van der Waals surface area (Å²) in [6.07, 6.45) is 5.14. The second-order valence-electron chi connectivity index (χ2n) is 8.84. The zero-order chi connectivity index (χ0) is 27.4. The summed E-state index contributed by atoms with van der Waals surface area (Å²) in [7, 11) is 0. The lowest BCUT2D eigenvalue weighted by Gasteiger charge is -2.19. The maximum atomic E-state index is 13.0. The Hall–Kier alpha value is -1.77. The molecule has 1 heterocycles. The average molecular weight is 693 g/mol. The largest absolute Gasteiger partial charge is 1.00 e. The second-order valence-corrected chi connectivity index (χ2v) is 10.9. The van der Waals surface area contributed by atoms with Gasteiger partial charge in [0.05, 0.1) is 6.61 Å². The van der Waals surface area contributed by atoms with Crippen molar-refractivity contribution in [2.75, 3.05) is 5.32 Å². The molecule has 2 unspecified atom stereocenters. The standard InChI is InChI=1S/C28H24Cl5N3O2.BrH/c1-17-23(31)4-3-5-26(17)34-28(37)18(2)36-11-10-35(16-36)14-27(22-9-8-21(30)13-25(22)33)38-15-19-6-7-20(29)12-24(19)32;/h3-13,16,18,27H,14-15H2,1-2H3;1H. The molecule has 0 spiro atoms. The number of hydrogen-bond donors (Lipinski definition) is 1. The van der Waals surface area contributed by atoms with Crippen LogP contribution in [0.3, 0.4) is 0 Å². The summed E-state index contributed by atoms with van der Waals surface area (Å²) < 4.78 is 10.1. The van der Waals surface area contributed by atoms with E-state index >= 15 is 0 Å². The molecule has 1 aromatic heterocycles. The van der Waals surface area contributed by atoms with Crippen molar-refractivity contribution in [2.45, 2.75) is 39.1 Å². The van der Waals surface area contributed by atoms with Crippen LogP contribution in [0.5, 0.6) is 0 Å². The molecule has 206 valence electrons. The number of carbonyl (C=O) groups excluding carboxylic acids is 1. The molecule has 0 saturated carbocycles. The van der Waals surface area contributed by atoms with E-state index in [0.717, 1.165) is 16.7 Å². The zero-order valence-electron chi connectivity index (χ0n) is 21.0. The summed E-state index contributed by atoms with van der Waals surface area (Å²) in [6, 6.07) is 15.5. The molecular weight excluding hydrogens is 667 g/mol. The smallest absolute Gasteiger partial charge is 0.269 e. The van der Waals surface area contributed by atoms with Crippen LogP contribution in [0, 0.1) is 6.92 Å². The maximum Gasteiger partial charge on any atom is 0.269 e. The molecule has 39 heavy (non-hydrogen) atoms. The summed E-state index contributed by atoms with van der Waals surface area (Å²) in [5.74, 6) is -0.163. The van der Waals surface area contributed by atoms with Crippen molar-refractivity contribution in [1.82, 2.24) is 4.57 Å². The van der Waals surface area contributed by atoms with Gasteiger partial charge in [-0.25, -0.2) is 9.13 Å². The number of amides is 1. The number of hydrogen-bond acceptors (Lipinski definition) is 2. The predicted octanol–water partition coefficient (Wildman–Crippen LogP) is 5.51. The monoisotopic (exact) mass is 689 g/mol. The van der Waals surface area contributed by atoms with Crippen molar-refractivity contribution in [3.05, 3.63) is 115 Å². The Balaban J connectivity index is 0.00000420. The molecule has 0 saturated heterocycles. The first kappa shape index (κ1) is 31.8. The van der Waals surface area contributed by atoms with E-state index in [2.05, 4.69) is 5.32 Å². The van der Waals surface area contributed by atoms with E-state index in [9.17, 15) is 4.79 Å². The predicted molar refractivity (Wildman–Crippen MR) is 155 cm³/mol. The quantitative estimate of drug-likeness (QED) is 0.235. The molecule has 4 aromatic rings. The number of imidazole rings is 1. The molecule has 5 nitrogen and oxygen atoms in total. The minimum absolute atomic E-state index is 0. The van der Waals surface area contributed by atoms with Crippen LogP contribution in [-0.2, 0) is 22.7 Å². The first-order valence-electron chi connectivity index (χ1n) is 11.8. The highest BCUT2D eigenvalue weighted by atomic mass is 79.9. The van der Waals surface area contributed by atoms with Crippen LogP contribution < -0.4 is 26.9 Å². The van der Waals surface area contributed by atoms with Crippen LogP contribution in [0.2, 0.25) is 25.1 Å². The summed E-state index contributed by atoms with van der Waals surface area (Å²) in [5, 5.41) is 5.66. The first-order valence-corrected chi connectivity index (χ1v) is 13.6. The number of nitrogens with one attached hydrogen (secondary N) is 1. The van der Waals surface area contributed by atoms with Crippen molar-refractivity contribution < 1.29 is 31.1 Å². The fourth-order valence-electron chi connectivity index (χ4n) is 3.89. The Morgan fingerprint density at radius 2 is 1.67 bits per heavy atom. The minimum Gasteiger partial charge on any atom is -1.00 e. The van der Waals surface area contributed by atoms with Gasteiger partial charge < -0.3 is 27.0 Å². The molecular formula is C28H25BrCl5N3O2. The zero-order valence-corrected chi connectivity index (χ0v) is 26.3. The Bertz CT molecular complexity index is 1460. The lowest BCUT2D eigenvalue weighted by molar-refractivity contribution is -0.705. The van der Waals surface area contributed by atoms with Gasteiger partial charge in [0.2, 0.25) is 6.33 Å². The molecule has 3 aromatic carbocycles. The molecule has 0 radical (unpaired) electrons. The van der Waals surface area contributed by atoms with Crippen LogP contribution >= 0.6 is 58.0 Å². The Labute approximate surface area is 263 Å². The highest BCUT2D eigenvalue weighted by molar-refractivity contribution is 6.35. The van der Waals surface area contributed by atoms with Crippen LogP contribution in [0.4, 0.5) is 5.69 Å². The fourth-order valence-corrected chi connectivity index (χ4v) is 5.06. The third-order valence-corrected chi connectivity index (χ3v) is 7.76. The van der Waals surface area contributed by atoms with Gasteiger partial charge in [0.15, 0.2) is 6.04 Å². The van der Waals surface area contributed by atoms with Gasteiger partial charge in [0.1, 0.15) is 25.0 Å². The lowest BCUT2D eigenvalue weighted by Crippen LogP contribution is -3.00. The van der Waals surface area contributed by atoms with E-state index in [-0.39, 0.29) is 29.5 Å². The molecule has 0 fully saturated rings. The van der Waals surface area contributed by atoms with Gasteiger partial charge in [-0.15, -0.1) is 0 Å². The highest BCUT2D eigenvalue weighted by Gasteiger charge is 2.24. The fraction of sp³-hybridized carbons (Fsp3) is 0.214. The van der Waals surface area contributed by atoms with E-state index in [1.165, 1.54) is 0 Å². The first-order chi connectivity index (χ1) is 18.1. The van der Waals surface area contributed by atoms with Gasteiger partial charge in [-0.1, -0.05) is 76.2 Å². The molecule has 2 atom stereocenters. The van der Waals surface area contributed by atoms with Gasteiger partial charge >= 0.3 is 0 Å². The van der Waals surface area contributed by atoms with Crippen LogP contribution in [0.15, 0.2) is 73.3 Å². The van der Waals surface area contributed by atoms with E-state index in [4.69, 9.17) is 62.7 Å². The topological polar surface area (TPSA) is 47.1 Å². The Morgan fingerprint density at radius 1 is 0.974 bits per heavy atom. The second kappa shape index (κ2) is 14.2. The van der Waals surface area contributed by atoms with Gasteiger partial charge in [-0.3, -0.25) is 4.79 Å². The number of carbonyl (C=O) groups is 1. The summed E-state index contributed by atoms with van der Waals surface area (Å²) in [6.45, 7) is 4.37. The van der Waals surface area contributed by atoms with E-state index in [1.54, 1.807) is 36.4 Å². The van der Waals surface area contributed by atoms with E-state index in [0.29, 0.717) is 37.3 Å². The molecule has 0 aliphatic carbocycles. The third-order valence-electron chi connectivity index (χ3n) is 6.21. The van der Waals surface area contributed by atoms with Crippen molar-refractivity contribution in [2.24, 2.45) is 0 Å². The van der Waals surface area contributed by atoms with Crippen LogP contribution in [0.25, 0.3) is 0 Å². The molecule has 0 aliphatic heterocycles. The number of aromatic nitrogens is 2. The number of ether oxygens (including phenoxy) is 1. The normalized spacial score (nSPS) is 12.5. The Kier molecular flexibility index (Phi) is 11.6. The summed E-state index contributed by atoms with van der Waals surface area (Å²) >= 11 is 31.2. The van der Waals surface area contributed by atoms with Crippen molar-refractivity contribution in [3.8, 4) is 0 Å². The minimum atomic E-state index is -0.471. The van der Waals surface area contributed by atoms with E-state index in [1.807, 2.05) is 59.9 Å². The molecule has 1 N–H and O–H groups in total. The summed E-state index contributed by atoms with van der Waals surface area (Å²) in [5.41, 5.74) is 3.08. The number of anilines is 1. The summed E-state index contributed by atoms with van der Waals surface area (Å²) in [4.78, 5) is 13.0. The molecule has 0 aliphatic rings. The molecule has 11 heteroatoms. The van der Waals surface area contributed by atoms with Crippen molar-refractivity contribution in [3.63, 3.8) is 0 Å². The number of halogens is 6. The lowest BCUT2D eigenvalue weighted by atomic mass is 10.1. The van der Waals surface area contributed by atoms with Gasteiger partial charge in [-0.2, -0.15) is 0 Å². The van der Waals surface area contributed by atoms with Gasteiger partial charge in [0.25, 0.3) is 5.91 Å². The van der Waals surface area contributed by atoms with E-state index < -0.39 is 12.1 Å². The number of nitrogens with zero attached hydrogens (tertiary/aromatic N) is 2. The SMILES string of the molecule is Cc1c(Cl)cccc1NC(=O)C(C)n1cc[n+](CC(OCc2ccc(Cl)cc2Cl)c2ccc(Cl)cc2Cl)c1.[Br-]. The molecule has 1 amide bonds. The Morgan fingerprint density at radius 3 is 2.36 bits per heavy atom. The van der Waals surface area contributed by atoms with Crippen molar-refractivity contribution >= 4 is 69.6 Å². The highest BCUT2D eigenvalue weighted by Crippen LogP contribution is 2.31. The average Bonchev–Trinajstić information content (AvgIpc) is 3.33. The van der Waals surface area contributed by atoms with Gasteiger partial charge in [-0.05, 0) is 61.4 Å². The number of rotatable bonds is 9. The molecule has 0 bridgehead atoms. The van der Waals surface area contributed by atoms with Crippen LogP contribution in [-0.4, -0.2) is 10.5 Å². The van der Waals surface area contributed by atoms with Crippen molar-refractivity contribution in [1.29, 1.82) is 0 Å². The van der Waals surface area contributed by atoms with Crippen LogP contribution in [0.1, 0.15) is 35.8 Å². The van der Waals surface area contributed by atoms with Gasteiger partial charge in [0, 0.05) is 36.4 Å². The maximum absolute atomic E-state index is 13.0. The third kappa shape index (κ3) is 8.14. The number of benzene rings is 3. The molecule has 4 rings (SSSR count).